The van der Waals surface area contributed by atoms with Crippen molar-refractivity contribution in [2.75, 3.05) is 18.0 Å². The Morgan fingerprint density at radius 2 is 1.76 bits per heavy atom. The summed E-state index contributed by atoms with van der Waals surface area (Å²) in [5, 5.41) is 0. The number of hydrogen-bond acceptors (Lipinski definition) is 5. The largest absolute Gasteiger partial charge is 0.373 e. The Labute approximate surface area is 145 Å². The highest BCUT2D eigenvalue weighted by molar-refractivity contribution is 5.71. The average Bonchev–Trinajstić information content (AvgIpc) is 2.68. The maximum Gasteiger partial charge on any atom is 0.180 e. The maximum absolute atomic E-state index is 12.9. The fourth-order valence-electron chi connectivity index (χ4n) is 3.07. The molecule has 6 heteroatoms. The summed E-state index contributed by atoms with van der Waals surface area (Å²) in [7, 11) is 0. The van der Waals surface area contributed by atoms with Gasteiger partial charge in [0.25, 0.3) is 0 Å². The molecule has 3 heterocycles. The lowest BCUT2D eigenvalue weighted by atomic mass is 10.1. The lowest BCUT2D eigenvalue weighted by Gasteiger charge is -2.32. The molecular weight excluding hydrogens is 319 g/mol. The molecule has 0 N–H and O–H groups in total. The van der Waals surface area contributed by atoms with Crippen LogP contribution in [0.1, 0.15) is 18.4 Å². The highest BCUT2D eigenvalue weighted by Gasteiger charge is 2.21. The van der Waals surface area contributed by atoms with Gasteiger partial charge >= 0.3 is 0 Å². The number of anilines is 1. The minimum Gasteiger partial charge on any atom is -0.373 e. The molecule has 3 aromatic rings. The quantitative estimate of drug-likeness (QED) is 0.730. The smallest absolute Gasteiger partial charge is 0.180 e. The summed E-state index contributed by atoms with van der Waals surface area (Å²) in [4.78, 5) is 15.4. The first-order valence-corrected chi connectivity index (χ1v) is 8.47. The topological polar surface area (TPSA) is 51.1 Å². The number of pyridine rings is 1. The Hall–Kier alpha value is -2.60. The van der Waals surface area contributed by atoms with Crippen LogP contribution in [0, 0.1) is 5.82 Å². The van der Waals surface area contributed by atoms with Crippen LogP contribution in [0.25, 0.3) is 11.2 Å². The molecule has 2 aromatic heterocycles. The second-order valence-electron chi connectivity index (χ2n) is 6.19. The van der Waals surface area contributed by atoms with E-state index in [1.165, 1.54) is 12.1 Å². The normalized spacial score (nSPS) is 15.6. The van der Waals surface area contributed by atoms with Crippen LogP contribution in [0.3, 0.4) is 0 Å². The first-order chi connectivity index (χ1) is 12.3. The van der Waals surface area contributed by atoms with E-state index >= 15 is 0 Å². The van der Waals surface area contributed by atoms with Crippen LogP contribution in [0.4, 0.5) is 10.2 Å². The number of rotatable bonds is 4. The zero-order valence-corrected chi connectivity index (χ0v) is 13.8. The Morgan fingerprint density at radius 3 is 2.56 bits per heavy atom. The van der Waals surface area contributed by atoms with Gasteiger partial charge in [-0.2, -0.15) is 0 Å². The van der Waals surface area contributed by atoms with Gasteiger partial charge in [0.05, 0.1) is 12.7 Å². The van der Waals surface area contributed by atoms with Crippen molar-refractivity contribution in [3.63, 3.8) is 0 Å². The van der Waals surface area contributed by atoms with E-state index in [-0.39, 0.29) is 11.9 Å². The van der Waals surface area contributed by atoms with E-state index in [1.54, 1.807) is 24.5 Å². The van der Waals surface area contributed by atoms with Crippen LogP contribution in [0.2, 0.25) is 0 Å². The highest BCUT2D eigenvalue weighted by atomic mass is 19.1. The van der Waals surface area contributed by atoms with Crippen molar-refractivity contribution >= 4 is 17.0 Å². The van der Waals surface area contributed by atoms with Crippen LogP contribution in [0.5, 0.6) is 0 Å². The van der Waals surface area contributed by atoms with Crippen molar-refractivity contribution in [1.82, 2.24) is 15.0 Å². The molecule has 1 aliphatic rings. The molecule has 1 saturated heterocycles. The molecule has 1 fully saturated rings. The summed E-state index contributed by atoms with van der Waals surface area (Å²) in [6.07, 6.45) is 5.45. The minimum atomic E-state index is -0.218. The molecule has 4 rings (SSSR count). The lowest BCUT2D eigenvalue weighted by molar-refractivity contribution is 0.0250. The third kappa shape index (κ3) is 3.74. The van der Waals surface area contributed by atoms with Gasteiger partial charge in [0.2, 0.25) is 0 Å². The first kappa shape index (κ1) is 15.9. The van der Waals surface area contributed by atoms with E-state index < -0.39 is 0 Å². The van der Waals surface area contributed by atoms with E-state index in [1.807, 2.05) is 12.1 Å². The summed E-state index contributed by atoms with van der Waals surface area (Å²) >= 11 is 0. The molecule has 0 aliphatic carbocycles. The fraction of sp³-hybridized carbons (Fsp3) is 0.316. The molecule has 0 atom stereocenters. The molecule has 0 spiro atoms. The number of nitrogens with zero attached hydrogens (tertiary/aromatic N) is 4. The number of fused-ring (bicyclic) bond motifs is 1. The molecule has 1 aliphatic heterocycles. The summed E-state index contributed by atoms with van der Waals surface area (Å²) in [5.74, 6) is 0.717. The van der Waals surface area contributed by atoms with Crippen LogP contribution in [-0.2, 0) is 11.3 Å². The molecule has 5 nitrogen and oxygen atoms in total. The first-order valence-electron chi connectivity index (χ1n) is 8.47. The molecule has 0 unspecified atom stereocenters. The van der Waals surface area contributed by atoms with Gasteiger partial charge in [-0.1, -0.05) is 12.1 Å². The van der Waals surface area contributed by atoms with Crippen LogP contribution in [-0.4, -0.2) is 34.1 Å². The maximum atomic E-state index is 12.9. The Kier molecular flexibility index (Phi) is 4.52. The fourth-order valence-corrected chi connectivity index (χ4v) is 3.07. The summed E-state index contributed by atoms with van der Waals surface area (Å²) in [5.41, 5.74) is 2.48. The van der Waals surface area contributed by atoms with Crippen LogP contribution in [0.15, 0.2) is 48.8 Å². The van der Waals surface area contributed by atoms with Crippen molar-refractivity contribution in [3.05, 3.63) is 60.2 Å². The second-order valence-corrected chi connectivity index (χ2v) is 6.19. The SMILES string of the molecule is Fc1ccc(COC2CCN(c3ccc4nccnc4n3)CC2)cc1. The van der Waals surface area contributed by atoms with Crippen molar-refractivity contribution in [1.29, 1.82) is 0 Å². The van der Waals surface area contributed by atoms with Crippen molar-refractivity contribution in [2.24, 2.45) is 0 Å². The molecule has 0 amide bonds. The zero-order valence-electron chi connectivity index (χ0n) is 13.8. The number of benzene rings is 1. The molecular formula is C19H19FN4O. The van der Waals surface area contributed by atoms with Gasteiger partial charge in [-0.25, -0.2) is 14.4 Å². The molecule has 0 bridgehead atoms. The number of halogens is 1. The third-order valence-corrected chi connectivity index (χ3v) is 4.48. The van der Waals surface area contributed by atoms with Crippen LogP contribution >= 0.6 is 0 Å². The summed E-state index contributed by atoms with van der Waals surface area (Å²) in [6.45, 7) is 2.31. The monoisotopic (exact) mass is 338 g/mol. The van der Waals surface area contributed by atoms with Crippen molar-refractivity contribution < 1.29 is 9.13 Å². The predicted molar refractivity (Wildman–Crippen MR) is 93.8 cm³/mol. The molecule has 0 radical (unpaired) electrons. The third-order valence-electron chi connectivity index (χ3n) is 4.48. The summed E-state index contributed by atoms with van der Waals surface area (Å²) < 4.78 is 18.9. The van der Waals surface area contributed by atoms with Gasteiger partial charge in [-0.15, -0.1) is 0 Å². The highest BCUT2D eigenvalue weighted by Crippen LogP contribution is 2.22. The Morgan fingerprint density at radius 1 is 1.00 bits per heavy atom. The van der Waals surface area contributed by atoms with Gasteiger partial charge in [-0.3, -0.25) is 4.98 Å². The van der Waals surface area contributed by atoms with Gasteiger partial charge in [0.15, 0.2) is 5.65 Å². The molecule has 25 heavy (non-hydrogen) atoms. The van der Waals surface area contributed by atoms with E-state index in [0.717, 1.165) is 42.8 Å². The van der Waals surface area contributed by atoms with E-state index in [4.69, 9.17) is 4.74 Å². The van der Waals surface area contributed by atoms with E-state index in [9.17, 15) is 4.39 Å². The van der Waals surface area contributed by atoms with Gasteiger partial charge < -0.3 is 9.64 Å². The number of piperidine rings is 1. The minimum absolute atomic E-state index is 0.218. The van der Waals surface area contributed by atoms with Gasteiger partial charge in [0, 0.05) is 25.5 Å². The van der Waals surface area contributed by atoms with Crippen LogP contribution < -0.4 is 4.90 Å². The standard InChI is InChI=1S/C19H19FN4O/c20-15-3-1-14(2-4-15)13-25-16-7-11-24(12-8-16)18-6-5-17-19(23-18)22-10-9-21-17/h1-6,9-10,16H,7-8,11-13H2. The average molecular weight is 338 g/mol. The second kappa shape index (κ2) is 7.11. The number of aromatic nitrogens is 3. The molecule has 1 aromatic carbocycles. The number of hydrogen-bond donors (Lipinski definition) is 0. The Bertz CT molecular complexity index is 847. The number of ether oxygens (including phenoxy) is 1. The predicted octanol–water partition coefficient (Wildman–Crippen LogP) is 3.35. The van der Waals surface area contributed by atoms with E-state index in [0.29, 0.717) is 12.3 Å². The van der Waals surface area contributed by atoms with Gasteiger partial charge in [-0.05, 0) is 42.7 Å². The Balaban J connectivity index is 1.33. The van der Waals surface area contributed by atoms with Crippen molar-refractivity contribution in [2.45, 2.75) is 25.6 Å². The lowest BCUT2D eigenvalue weighted by Crippen LogP contribution is -2.37. The van der Waals surface area contributed by atoms with Crippen molar-refractivity contribution in [3.8, 4) is 0 Å². The summed E-state index contributed by atoms with van der Waals surface area (Å²) in [6, 6.07) is 10.4. The molecule has 128 valence electrons. The zero-order chi connectivity index (χ0) is 17.1. The molecule has 0 saturated carbocycles. The van der Waals surface area contributed by atoms with E-state index in [2.05, 4.69) is 19.9 Å². The van der Waals surface area contributed by atoms with Gasteiger partial charge in [0.1, 0.15) is 17.2 Å².